The average molecular weight is 271 g/mol. The van der Waals surface area contributed by atoms with Gasteiger partial charge in [0.05, 0.1) is 6.42 Å². The predicted octanol–water partition coefficient (Wildman–Crippen LogP) is 0.193. The molecule has 0 saturated heterocycles. The molecule has 0 bridgehead atoms. The third-order valence-corrected chi connectivity index (χ3v) is 3.28. The molecule has 1 saturated carbocycles. The fourth-order valence-corrected chi connectivity index (χ4v) is 2.35. The van der Waals surface area contributed by atoms with Crippen molar-refractivity contribution in [2.24, 2.45) is 11.7 Å². The first-order chi connectivity index (χ1) is 8.88. The van der Waals surface area contributed by atoms with Gasteiger partial charge in [-0.05, 0) is 18.8 Å². The molecular formula is C12H21N3O4. The van der Waals surface area contributed by atoms with Crippen LogP contribution < -0.4 is 16.4 Å². The Balaban J connectivity index is 2.43. The molecule has 0 aromatic heterocycles. The standard InChI is InChI=1S/C12H21N3O4/c1-7-3-2-4-8(5-7)14-12(19)15-9(11(17)18)6-10(13)16/h7-9H,2-6H2,1H3,(H2,13,16)(H,17,18)(H2,14,15,19)/t7?,8?,9-/m0/s1. The van der Waals surface area contributed by atoms with Crippen LogP contribution in [0.2, 0.25) is 0 Å². The fraction of sp³-hybridized carbons (Fsp3) is 0.750. The van der Waals surface area contributed by atoms with Gasteiger partial charge in [0.2, 0.25) is 5.91 Å². The highest BCUT2D eigenvalue weighted by atomic mass is 16.4. The summed E-state index contributed by atoms with van der Waals surface area (Å²) in [6.45, 7) is 2.12. The Morgan fingerprint density at radius 1 is 1.37 bits per heavy atom. The smallest absolute Gasteiger partial charge is 0.326 e. The second-order valence-electron chi connectivity index (χ2n) is 5.15. The highest BCUT2D eigenvalue weighted by Gasteiger charge is 2.25. The number of hydrogen-bond donors (Lipinski definition) is 4. The summed E-state index contributed by atoms with van der Waals surface area (Å²) >= 11 is 0. The van der Waals surface area contributed by atoms with E-state index in [4.69, 9.17) is 10.8 Å². The molecule has 3 atom stereocenters. The van der Waals surface area contributed by atoms with Crippen molar-refractivity contribution in [3.63, 3.8) is 0 Å². The van der Waals surface area contributed by atoms with Gasteiger partial charge in [-0.2, -0.15) is 0 Å². The lowest BCUT2D eigenvalue weighted by molar-refractivity contribution is -0.140. The molecule has 2 unspecified atom stereocenters. The van der Waals surface area contributed by atoms with E-state index in [-0.39, 0.29) is 6.04 Å². The molecule has 1 rings (SSSR count). The lowest BCUT2D eigenvalue weighted by Crippen LogP contribution is -2.50. The zero-order valence-electron chi connectivity index (χ0n) is 11.0. The number of aliphatic carboxylic acids is 1. The Hall–Kier alpha value is -1.79. The normalized spacial score (nSPS) is 24.3. The Morgan fingerprint density at radius 2 is 2.05 bits per heavy atom. The van der Waals surface area contributed by atoms with Crippen molar-refractivity contribution < 1.29 is 19.5 Å². The van der Waals surface area contributed by atoms with Crippen molar-refractivity contribution >= 4 is 17.9 Å². The fourth-order valence-electron chi connectivity index (χ4n) is 2.35. The van der Waals surface area contributed by atoms with E-state index in [9.17, 15) is 14.4 Å². The molecule has 19 heavy (non-hydrogen) atoms. The average Bonchev–Trinajstić information content (AvgIpc) is 2.27. The summed E-state index contributed by atoms with van der Waals surface area (Å²) in [4.78, 5) is 33.3. The molecule has 5 N–H and O–H groups in total. The first-order valence-corrected chi connectivity index (χ1v) is 6.46. The Kier molecular flexibility index (Phi) is 5.59. The minimum absolute atomic E-state index is 0.0618. The van der Waals surface area contributed by atoms with Gasteiger partial charge in [0.25, 0.3) is 0 Å². The minimum Gasteiger partial charge on any atom is -0.480 e. The molecule has 108 valence electrons. The summed E-state index contributed by atoms with van der Waals surface area (Å²) in [6, 6.07) is -1.78. The number of carbonyl (C=O) groups is 3. The number of carboxylic acid groups (broad SMARTS) is 1. The van der Waals surface area contributed by atoms with Gasteiger partial charge in [-0.15, -0.1) is 0 Å². The third kappa shape index (κ3) is 5.58. The molecule has 7 heteroatoms. The van der Waals surface area contributed by atoms with E-state index in [0.29, 0.717) is 5.92 Å². The molecule has 1 aliphatic rings. The van der Waals surface area contributed by atoms with Gasteiger partial charge in [-0.3, -0.25) is 4.79 Å². The highest BCUT2D eigenvalue weighted by Crippen LogP contribution is 2.23. The maximum Gasteiger partial charge on any atom is 0.326 e. The zero-order valence-corrected chi connectivity index (χ0v) is 11.0. The van der Waals surface area contributed by atoms with Crippen LogP contribution in [0.3, 0.4) is 0 Å². The summed E-state index contributed by atoms with van der Waals surface area (Å²) in [5.41, 5.74) is 4.94. The van der Waals surface area contributed by atoms with Crippen LogP contribution in [-0.4, -0.2) is 35.1 Å². The lowest BCUT2D eigenvalue weighted by Gasteiger charge is -2.28. The van der Waals surface area contributed by atoms with Crippen molar-refractivity contribution in [2.75, 3.05) is 0 Å². The Morgan fingerprint density at radius 3 is 2.58 bits per heavy atom. The van der Waals surface area contributed by atoms with Gasteiger partial charge in [0.1, 0.15) is 6.04 Å². The zero-order chi connectivity index (χ0) is 14.4. The largest absolute Gasteiger partial charge is 0.480 e. The Labute approximate surface area is 111 Å². The second kappa shape index (κ2) is 6.96. The molecule has 1 aliphatic carbocycles. The predicted molar refractivity (Wildman–Crippen MR) is 68.3 cm³/mol. The highest BCUT2D eigenvalue weighted by molar-refractivity contribution is 5.87. The maximum absolute atomic E-state index is 11.7. The third-order valence-electron chi connectivity index (χ3n) is 3.28. The SMILES string of the molecule is CC1CCCC(NC(=O)N[C@@H](CC(N)=O)C(=O)O)C1. The minimum atomic E-state index is -1.28. The molecule has 0 heterocycles. The van der Waals surface area contributed by atoms with Gasteiger partial charge in [0.15, 0.2) is 0 Å². The van der Waals surface area contributed by atoms with Gasteiger partial charge in [-0.25, -0.2) is 9.59 Å². The number of hydrogen-bond acceptors (Lipinski definition) is 3. The van der Waals surface area contributed by atoms with Crippen molar-refractivity contribution in [3.05, 3.63) is 0 Å². The second-order valence-corrected chi connectivity index (χ2v) is 5.15. The summed E-state index contributed by atoms with van der Waals surface area (Å²) in [7, 11) is 0. The number of rotatable bonds is 5. The van der Waals surface area contributed by atoms with Crippen molar-refractivity contribution in [2.45, 2.75) is 51.1 Å². The molecule has 0 aliphatic heterocycles. The van der Waals surface area contributed by atoms with Gasteiger partial charge >= 0.3 is 12.0 Å². The summed E-state index contributed by atoms with van der Waals surface area (Å²) in [6.07, 6.45) is 3.57. The van der Waals surface area contributed by atoms with Crippen LogP contribution in [0.1, 0.15) is 39.0 Å². The van der Waals surface area contributed by atoms with E-state index in [1.807, 2.05) is 0 Å². The van der Waals surface area contributed by atoms with Crippen LogP contribution in [0.4, 0.5) is 4.79 Å². The van der Waals surface area contributed by atoms with Crippen LogP contribution >= 0.6 is 0 Å². The van der Waals surface area contributed by atoms with Gasteiger partial charge in [0, 0.05) is 6.04 Å². The number of carbonyl (C=O) groups excluding carboxylic acids is 2. The molecule has 0 radical (unpaired) electrons. The molecule has 7 nitrogen and oxygen atoms in total. The van der Waals surface area contributed by atoms with E-state index >= 15 is 0 Å². The van der Waals surface area contributed by atoms with Crippen LogP contribution in [0, 0.1) is 5.92 Å². The van der Waals surface area contributed by atoms with Crippen molar-refractivity contribution in [1.29, 1.82) is 0 Å². The first-order valence-electron chi connectivity index (χ1n) is 6.46. The van der Waals surface area contributed by atoms with Crippen LogP contribution in [-0.2, 0) is 9.59 Å². The number of nitrogens with one attached hydrogen (secondary N) is 2. The number of primary amides is 1. The van der Waals surface area contributed by atoms with Crippen LogP contribution in [0.5, 0.6) is 0 Å². The van der Waals surface area contributed by atoms with Crippen molar-refractivity contribution in [3.8, 4) is 0 Å². The van der Waals surface area contributed by atoms with E-state index < -0.39 is 30.4 Å². The summed E-state index contributed by atoms with van der Waals surface area (Å²) in [5.74, 6) is -1.48. The van der Waals surface area contributed by atoms with Gasteiger partial charge in [-0.1, -0.05) is 19.8 Å². The van der Waals surface area contributed by atoms with E-state index in [1.165, 1.54) is 0 Å². The quantitative estimate of drug-likeness (QED) is 0.570. The number of urea groups is 1. The van der Waals surface area contributed by atoms with Gasteiger partial charge < -0.3 is 21.5 Å². The number of amides is 3. The lowest BCUT2D eigenvalue weighted by atomic mass is 9.87. The number of nitrogens with two attached hydrogens (primary N) is 1. The molecule has 1 fully saturated rings. The van der Waals surface area contributed by atoms with Crippen LogP contribution in [0.25, 0.3) is 0 Å². The molecule has 0 aromatic carbocycles. The van der Waals surface area contributed by atoms with E-state index in [0.717, 1.165) is 25.7 Å². The maximum atomic E-state index is 11.7. The molecule has 3 amide bonds. The van der Waals surface area contributed by atoms with Crippen LogP contribution in [0.15, 0.2) is 0 Å². The van der Waals surface area contributed by atoms with E-state index in [2.05, 4.69) is 17.6 Å². The number of carboxylic acids is 1. The molecule has 0 aromatic rings. The molecule has 0 spiro atoms. The first kappa shape index (κ1) is 15.3. The summed E-state index contributed by atoms with van der Waals surface area (Å²) in [5, 5.41) is 13.9. The molecular weight excluding hydrogens is 250 g/mol. The van der Waals surface area contributed by atoms with Crippen molar-refractivity contribution in [1.82, 2.24) is 10.6 Å². The van der Waals surface area contributed by atoms with E-state index in [1.54, 1.807) is 0 Å². The monoisotopic (exact) mass is 271 g/mol. The Bertz CT molecular complexity index is 359. The summed E-state index contributed by atoms with van der Waals surface area (Å²) < 4.78 is 0. The topological polar surface area (TPSA) is 122 Å².